The molecular weight excluding hydrogens is 507 g/mol. The summed E-state index contributed by atoms with van der Waals surface area (Å²) in [5.74, 6) is 0.803. The number of rotatable bonds is 6. The van der Waals surface area contributed by atoms with Crippen molar-refractivity contribution in [3.05, 3.63) is 62.0 Å². The van der Waals surface area contributed by atoms with Gasteiger partial charge in [-0.1, -0.05) is 6.07 Å². The van der Waals surface area contributed by atoms with Crippen molar-refractivity contribution in [1.82, 2.24) is 14.8 Å². The molecule has 0 amide bonds. The topological polar surface area (TPSA) is 102 Å². The average molecular weight is 524 g/mol. The lowest BCUT2D eigenvalue weighted by Crippen LogP contribution is -2.11. The van der Waals surface area contributed by atoms with Crippen molar-refractivity contribution in [3.8, 4) is 11.8 Å². The van der Waals surface area contributed by atoms with E-state index in [1.54, 1.807) is 25.4 Å². The molecule has 0 saturated heterocycles. The summed E-state index contributed by atoms with van der Waals surface area (Å²) < 4.78 is 22.7. The molecule has 3 N–H and O–H groups in total. The van der Waals surface area contributed by atoms with Crippen LogP contribution in [0.2, 0.25) is 0 Å². The molecule has 1 atom stereocenters. The van der Waals surface area contributed by atoms with E-state index in [1.807, 2.05) is 6.92 Å². The molecule has 3 aromatic rings. The highest BCUT2D eigenvalue weighted by atomic mass is 79.9. The molecule has 0 radical (unpaired) electrons. The van der Waals surface area contributed by atoms with E-state index < -0.39 is 6.10 Å². The van der Waals surface area contributed by atoms with Crippen molar-refractivity contribution in [2.75, 3.05) is 11.1 Å². The molecule has 0 spiro atoms. The molecule has 0 bridgehead atoms. The summed E-state index contributed by atoms with van der Waals surface area (Å²) in [6.45, 7) is 2.17. The Morgan fingerprint density at radius 1 is 1.38 bits per heavy atom. The number of nitrogen functional groups attached to an aromatic ring is 1. The SMILES string of the molecule is CC(Oc1cc(Br)cnc1N)c1cc(F)ccc1CNc1nn(C)c(C#N)c1Br. The first kappa shape index (κ1) is 21.1. The Bertz CT molecular complexity index is 1100. The lowest BCUT2D eigenvalue weighted by atomic mass is 10.0. The number of anilines is 2. The van der Waals surface area contributed by atoms with Gasteiger partial charge in [0.25, 0.3) is 0 Å². The second kappa shape index (κ2) is 8.80. The molecule has 0 fully saturated rings. The summed E-state index contributed by atoms with van der Waals surface area (Å²) >= 11 is 6.71. The van der Waals surface area contributed by atoms with Crippen LogP contribution in [0.1, 0.15) is 29.8 Å². The number of nitrogens with one attached hydrogen (secondary N) is 1. The minimum atomic E-state index is -0.484. The molecule has 29 heavy (non-hydrogen) atoms. The smallest absolute Gasteiger partial charge is 0.166 e. The molecule has 0 aliphatic heterocycles. The zero-order chi connectivity index (χ0) is 21.1. The second-order valence-corrected chi connectivity index (χ2v) is 7.95. The Labute approximate surface area is 183 Å². The van der Waals surface area contributed by atoms with E-state index >= 15 is 0 Å². The number of nitrogens with two attached hydrogens (primary N) is 1. The van der Waals surface area contributed by atoms with E-state index in [-0.39, 0.29) is 11.6 Å². The van der Waals surface area contributed by atoms with Crippen LogP contribution in [-0.2, 0) is 13.6 Å². The van der Waals surface area contributed by atoms with Crippen molar-refractivity contribution in [2.24, 2.45) is 7.05 Å². The number of nitrogens with zero attached hydrogens (tertiary/aromatic N) is 4. The van der Waals surface area contributed by atoms with Gasteiger partial charge in [0.2, 0.25) is 0 Å². The minimum absolute atomic E-state index is 0.248. The van der Waals surface area contributed by atoms with Crippen LogP contribution in [-0.4, -0.2) is 14.8 Å². The Hall–Kier alpha value is -2.64. The highest BCUT2D eigenvalue weighted by Crippen LogP contribution is 2.31. The summed E-state index contributed by atoms with van der Waals surface area (Å²) in [7, 11) is 1.68. The second-order valence-electron chi connectivity index (χ2n) is 6.24. The molecule has 0 aliphatic carbocycles. The fraction of sp³-hybridized carbons (Fsp3) is 0.211. The van der Waals surface area contributed by atoms with E-state index in [0.717, 1.165) is 10.0 Å². The third kappa shape index (κ3) is 4.68. The van der Waals surface area contributed by atoms with Crippen LogP contribution in [0, 0.1) is 17.1 Å². The fourth-order valence-corrected chi connectivity index (χ4v) is 3.67. The fourth-order valence-electron chi connectivity index (χ4n) is 2.80. The first-order valence-corrected chi connectivity index (χ1v) is 10.1. The molecule has 0 aliphatic rings. The zero-order valence-corrected chi connectivity index (χ0v) is 18.8. The Balaban J connectivity index is 1.84. The summed E-state index contributed by atoms with van der Waals surface area (Å²) in [4.78, 5) is 4.05. The van der Waals surface area contributed by atoms with Gasteiger partial charge in [-0.05, 0) is 68.1 Å². The van der Waals surface area contributed by atoms with Crippen molar-refractivity contribution in [3.63, 3.8) is 0 Å². The molecule has 1 aromatic carbocycles. The number of nitriles is 1. The highest BCUT2D eigenvalue weighted by molar-refractivity contribution is 9.11. The summed E-state index contributed by atoms with van der Waals surface area (Å²) in [6, 6.07) is 8.29. The average Bonchev–Trinajstić information content (AvgIpc) is 2.96. The molecular formula is C19H17Br2FN6O. The number of benzene rings is 1. The molecule has 2 heterocycles. The van der Waals surface area contributed by atoms with E-state index in [2.05, 4.69) is 53.3 Å². The largest absolute Gasteiger partial charge is 0.482 e. The van der Waals surface area contributed by atoms with E-state index in [0.29, 0.717) is 33.8 Å². The number of halogens is 3. The van der Waals surface area contributed by atoms with Crippen LogP contribution in [0.5, 0.6) is 5.75 Å². The number of ether oxygens (including phenoxy) is 1. The van der Waals surface area contributed by atoms with E-state index in [1.165, 1.54) is 16.8 Å². The standard InChI is InChI=1S/C19H17Br2FN6O/c1-10(29-16-5-12(20)9-25-18(16)24)14-6-13(22)4-3-11(14)8-26-19-17(21)15(7-23)28(2)27-19/h3-6,9-10H,8H2,1-2H3,(H2,24,25)(H,26,27). The quantitative estimate of drug-likeness (QED) is 0.486. The lowest BCUT2D eigenvalue weighted by Gasteiger charge is -2.20. The molecule has 2 aromatic heterocycles. The highest BCUT2D eigenvalue weighted by Gasteiger charge is 2.18. The predicted molar refractivity (Wildman–Crippen MR) is 115 cm³/mol. The number of aromatic nitrogens is 3. The lowest BCUT2D eigenvalue weighted by molar-refractivity contribution is 0.226. The van der Waals surface area contributed by atoms with E-state index in [4.69, 9.17) is 10.5 Å². The van der Waals surface area contributed by atoms with Gasteiger partial charge < -0.3 is 15.8 Å². The molecule has 3 rings (SSSR count). The third-order valence-corrected chi connectivity index (χ3v) is 5.42. The Morgan fingerprint density at radius 2 is 2.14 bits per heavy atom. The van der Waals surface area contributed by atoms with Gasteiger partial charge >= 0.3 is 0 Å². The summed E-state index contributed by atoms with van der Waals surface area (Å²) in [5, 5.41) is 16.6. The van der Waals surface area contributed by atoms with Gasteiger partial charge in [0.15, 0.2) is 23.1 Å². The monoisotopic (exact) mass is 522 g/mol. The van der Waals surface area contributed by atoms with Crippen LogP contribution in [0.25, 0.3) is 0 Å². The molecule has 150 valence electrons. The molecule has 1 unspecified atom stereocenters. The van der Waals surface area contributed by atoms with Gasteiger partial charge in [0.1, 0.15) is 18.0 Å². The molecule has 10 heteroatoms. The Morgan fingerprint density at radius 3 is 2.83 bits per heavy atom. The van der Waals surface area contributed by atoms with Gasteiger partial charge in [-0.3, -0.25) is 4.68 Å². The Kier molecular flexibility index (Phi) is 6.39. The predicted octanol–water partition coefficient (Wildman–Crippen LogP) is 4.69. The van der Waals surface area contributed by atoms with Gasteiger partial charge in [0, 0.05) is 24.3 Å². The third-order valence-electron chi connectivity index (χ3n) is 4.24. The number of hydrogen-bond donors (Lipinski definition) is 2. The number of aryl methyl sites for hydroxylation is 1. The maximum Gasteiger partial charge on any atom is 0.166 e. The van der Waals surface area contributed by atoms with Gasteiger partial charge in [-0.25, -0.2) is 9.37 Å². The first-order chi connectivity index (χ1) is 13.8. The van der Waals surface area contributed by atoms with Crippen LogP contribution in [0.15, 0.2) is 39.4 Å². The van der Waals surface area contributed by atoms with Gasteiger partial charge in [-0.15, -0.1) is 0 Å². The maximum absolute atomic E-state index is 13.9. The van der Waals surface area contributed by atoms with Crippen molar-refractivity contribution in [2.45, 2.75) is 19.6 Å². The van der Waals surface area contributed by atoms with Gasteiger partial charge in [0.05, 0.1) is 4.47 Å². The van der Waals surface area contributed by atoms with Gasteiger partial charge in [-0.2, -0.15) is 10.4 Å². The van der Waals surface area contributed by atoms with Crippen LogP contribution in [0.3, 0.4) is 0 Å². The van der Waals surface area contributed by atoms with E-state index in [9.17, 15) is 9.65 Å². The summed E-state index contributed by atoms with van der Waals surface area (Å²) in [5.41, 5.74) is 7.76. The maximum atomic E-state index is 13.9. The van der Waals surface area contributed by atoms with Crippen LogP contribution in [0.4, 0.5) is 16.0 Å². The van der Waals surface area contributed by atoms with Crippen LogP contribution < -0.4 is 15.8 Å². The van der Waals surface area contributed by atoms with Crippen LogP contribution >= 0.6 is 31.9 Å². The molecule has 7 nitrogen and oxygen atoms in total. The number of pyridine rings is 1. The van der Waals surface area contributed by atoms with Crippen molar-refractivity contribution in [1.29, 1.82) is 5.26 Å². The van der Waals surface area contributed by atoms with Crippen molar-refractivity contribution < 1.29 is 9.13 Å². The first-order valence-electron chi connectivity index (χ1n) is 8.52. The normalized spacial score (nSPS) is 11.7. The van der Waals surface area contributed by atoms with Crippen molar-refractivity contribution >= 4 is 43.5 Å². The molecule has 0 saturated carbocycles. The zero-order valence-electron chi connectivity index (χ0n) is 15.6. The number of hydrogen-bond acceptors (Lipinski definition) is 6. The summed E-state index contributed by atoms with van der Waals surface area (Å²) in [6.07, 6.45) is 1.09. The minimum Gasteiger partial charge on any atom is -0.482 e.